The van der Waals surface area contributed by atoms with Crippen molar-refractivity contribution >= 4 is 19.8 Å². The molecule has 21 heteroatoms. The van der Waals surface area contributed by atoms with Crippen LogP contribution in [0.4, 0.5) is 0 Å². The predicted molar refractivity (Wildman–Crippen MR) is 273 cm³/mol. The zero-order valence-corrected chi connectivity index (χ0v) is 45.4. The summed E-state index contributed by atoms with van der Waals surface area (Å²) in [5.74, 6) is -0.951. The maximum atomic E-state index is 12.9. The highest BCUT2D eigenvalue weighted by atomic mass is 31.2. The molecule has 2 aliphatic rings. The van der Waals surface area contributed by atoms with Gasteiger partial charge in [-0.15, -0.1) is 0 Å². The van der Waals surface area contributed by atoms with E-state index in [0.29, 0.717) is 25.8 Å². The molecule has 2 aliphatic heterocycles. The Kier molecular flexibility index (Phi) is 39.5. The third-order valence-corrected chi connectivity index (χ3v) is 14.4. The SMILES string of the molecule is CCCCCCCCCCCCCCCC(=O)OC[C@H](COP(=O)(O)OCCNCCCO[C@@H]1O[C@H](CO)[C@@H](O[C@@H]2O[C@H](CO)[C@H](O)[C@H](O)[C@H]2O)[C@H](O)[C@H]1O)OC(=O)CCCCCCCCCCCCCCC. The smallest absolute Gasteiger partial charge is 0.462 e. The Morgan fingerprint density at radius 2 is 0.986 bits per heavy atom. The van der Waals surface area contributed by atoms with E-state index in [1.807, 2.05) is 0 Å². The number of rotatable bonds is 47. The first-order chi connectivity index (χ1) is 35.3. The van der Waals surface area contributed by atoms with Gasteiger partial charge in [-0.3, -0.25) is 18.6 Å². The molecule has 20 nitrogen and oxygen atoms in total. The lowest BCUT2D eigenvalue weighted by atomic mass is 9.97. The lowest BCUT2D eigenvalue weighted by molar-refractivity contribution is -0.359. The van der Waals surface area contributed by atoms with E-state index in [-0.39, 0.29) is 39.2 Å². The van der Waals surface area contributed by atoms with E-state index in [2.05, 4.69) is 19.2 Å². The summed E-state index contributed by atoms with van der Waals surface area (Å²) in [4.78, 5) is 35.9. The zero-order valence-electron chi connectivity index (χ0n) is 44.5. The number of aliphatic hydroxyl groups is 7. The molecular weight excluding hydrogens is 974 g/mol. The van der Waals surface area contributed by atoms with Gasteiger partial charge in [0.2, 0.25) is 0 Å². The molecule has 2 saturated heterocycles. The number of unbranched alkanes of at least 4 members (excludes halogenated alkanes) is 24. The Morgan fingerprint density at radius 3 is 1.49 bits per heavy atom. The van der Waals surface area contributed by atoms with E-state index in [1.165, 1.54) is 116 Å². The van der Waals surface area contributed by atoms with Crippen molar-refractivity contribution in [2.24, 2.45) is 0 Å². The lowest BCUT2D eigenvalue weighted by Crippen LogP contribution is -2.64. The highest BCUT2D eigenvalue weighted by Gasteiger charge is 2.50. The first-order valence-corrected chi connectivity index (χ1v) is 29.7. The molecule has 0 amide bonds. The molecule has 432 valence electrons. The molecule has 0 spiro atoms. The molecule has 2 fully saturated rings. The molecule has 0 aromatic carbocycles. The van der Waals surface area contributed by atoms with Gasteiger partial charge in [0, 0.05) is 19.4 Å². The van der Waals surface area contributed by atoms with E-state index in [9.17, 15) is 54.8 Å². The summed E-state index contributed by atoms with van der Waals surface area (Å²) < 4.78 is 56.2. The van der Waals surface area contributed by atoms with Gasteiger partial charge in [0.15, 0.2) is 18.7 Å². The molecule has 73 heavy (non-hydrogen) atoms. The third kappa shape index (κ3) is 30.9. The molecule has 0 aliphatic carbocycles. The molecule has 0 saturated carbocycles. The van der Waals surface area contributed by atoms with E-state index in [0.717, 1.165) is 38.5 Å². The third-order valence-electron chi connectivity index (χ3n) is 13.4. The summed E-state index contributed by atoms with van der Waals surface area (Å²) in [5.41, 5.74) is 0. The largest absolute Gasteiger partial charge is 0.472 e. The number of carbonyl (C=O) groups excluding carboxylic acids is 2. The van der Waals surface area contributed by atoms with Gasteiger partial charge in [0.1, 0.15) is 55.4 Å². The number of hydrogen-bond acceptors (Lipinski definition) is 19. The maximum absolute atomic E-state index is 12.9. The minimum atomic E-state index is -4.62. The van der Waals surface area contributed by atoms with Crippen LogP contribution in [-0.4, -0.2) is 173 Å². The summed E-state index contributed by atoms with van der Waals surface area (Å²) in [6.07, 6.45) is 14.5. The van der Waals surface area contributed by atoms with E-state index < -0.39 is 107 Å². The molecule has 1 unspecified atom stereocenters. The molecule has 2 heterocycles. The van der Waals surface area contributed by atoms with Crippen molar-refractivity contribution in [1.29, 1.82) is 0 Å². The summed E-state index contributed by atoms with van der Waals surface area (Å²) >= 11 is 0. The number of aliphatic hydroxyl groups excluding tert-OH is 7. The highest BCUT2D eigenvalue weighted by Crippen LogP contribution is 2.43. The van der Waals surface area contributed by atoms with E-state index >= 15 is 0 Å². The van der Waals surface area contributed by atoms with Crippen LogP contribution in [0.15, 0.2) is 0 Å². The Bertz CT molecular complexity index is 1400. The molecule has 9 N–H and O–H groups in total. The summed E-state index contributed by atoms with van der Waals surface area (Å²) in [7, 11) is -4.62. The van der Waals surface area contributed by atoms with Gasteiger partial charge >= 0.3 is 19.8 Å². The van der Waals surface area contributed by atoms with Crippen LogP contribution in [0, 0.1) is 0 Å². The first kappa shape index (κ1) is 67.7. The fourth-order valence-corrected chi connectivity index (χ4v) is 9.61. The number of ether oxygens (including phenoxy) is 6. The van der Waals surface area contributed by atoms with Crippen LogP contribution in [0.2, 0.25) is 0 Å². The van der Waals surface area contributed by atoms with Gasteiger partial charge in [0.05, 0.1) is 33.0 Å². The molecule has 0 aromatic rings. The summed E-state index contributed by atoms with van der Waals surface area (Å²) in [6, 6.07) is 0. The van der Waals surface area contributed by atoms with Gasteiger partial charge in [0.25, 0.3) is 0 Å². The van der Waals surface area contributed by atoms with Crippen LogP contribution in [-0.2, 0) is 51.6 Å². The standard InChI is InChI=1S/C52H100NO19P/c1-3-5-7-9-11-13-15-17-19-21-23-25-27-30-43(56)66-38-40(69-44(57)31-28-26-24-22-20-18-16-14-12-10-8-6-4-2)39-68-73(63,64)67-35-33-53-32-29-34-65-51-49(62)47(60)50(42(37-55)71-51)72-52-48(61)46(59)45(58)41(36-54)70-52/h40-42,45-55,58-62H,3-39H2,1-2H3,(H,63,64)/t40-,41-,42-,45+,46+,47-,48-,49-,50-,51-,52+/m1/s1. The van der Waals surface area contributed by atoms with Crippen molar-refractivity contribution in [3.63, 3.8) is 0 Å². The second-order valence-corrected chi connectivity index (χ2v) is 21.3. The predicted octanol–water partition coefficient (Wildman–Crippen LogP) is 6.16. The Hall–Kier alpha value is -1.43. The summed E-state index contributed by atoms with van der Waals surface area (Å²) in [5, 5.41) is 74.3. The Balaban J connectivity index is 1.71. The van der Waals surface area contributed by atoms with Gasteiger partial charge in [-0.05, 0) is 25.8 Å². The van der Waals surface area contributed by atoms with E-state index in [1.54, 1.807) is 0 Å². The quantitative estimate of drug-likeness (QED) is 0.0187. The van der Waals surface area contributed by atoms with Crippen LogP contribution in [0.5, 0.6) is 0 Å². The second kappa shape index (κ2) is 42.6. The number of carbonyl (C=O) groups is 2. The monoisotopic (exact) mass is 1070 g/mol. The van der Waals surface area contributed by atoms with Gasteiger partial charge < -0.3 is 74.4 Å². The van der Waals surface area contributed by atoms with Crippen molar-refractivity contribution < 1.29 is 92.3 Å². The second-order valence-electron chi connectivity index (χ2n) is 19.9. The normalized spacial score (nSPS) is 25.6. The van der Waals surface area contributed by atoms with Crippen LogP contribution in [0.3, 0.4) is 0 Å². The van der Waals surface area contributed by atoms with Crippen molar-refractivity contribution in [3.8, 4) is 0 Å². The Morgan fingerprint density at radius 1 is 0.521 bits per heavy atom. The summed E-state index contributed by atoms with van der Waals surface area (Å²) in [6.45, 7) is 2.38. The Labute approximate surface area is 436 Å². The average Bonchev–Trinajstić information content (AvgIpc) is 3.37. The minimum absolute atomic E-state index is 0.00370. The van der Waals surface area contributed by atoms with Crippen molar-refractivity contribution in [2.75, 3.05) is 52.7 Å². The molecule has 2 rings (SSSR count). The number of phosphoric acid groups is 1. The van der Waals surface area contributed by atoms with Crippen molar-refractivity contribution in [2.45, 2.75) is 268 Å². The van der Waals surface area contributed by atoms with Crippen LogP contribution in [0.1, 0.15) is 200 Å². The van der Waals surface area contributed by atoms with Crippen LogP contribution < -0.4 is 5.32 Å². The van der Waals surface area contributed by atoms with Crippen molar-refractivity contribution in [3.05, 3.63) is 0 Å². The van der Waals surface area contributed by atoms with Gasteiger partial charge in [-0.1, -0.05) is 168 Å². The number of nitrogens with one attached hydrogen (secondary N) is 1. The molecular formula is C52H100NO19P. The molecule has 12 atom stereocenters. The lowest BCUT2D eigenvalue weighted by Gasteiger charge is -2.45. The fourth-order valence-electron chi connectivity index (χ4n) is 8.86. The minimum Gasteiger partial charge on any atom is -0.462 e. The molecule has 0 bridgehead atoms. The fraction of sp³-hybridized carbons (Fsp3) is 0.962. The molecule has 0 aromatic heterocycles. The van der Waals surface area contributed by atoms with Crippen LogP contribution >= 0.6 is 7.82 Å². The zero-order chi connectivity index (χ0) is 53.5. The number of esters is 2. The topological polar surface area (TPSA) is 299 Å². The van der Waals surface area contributed by atoms with E-state index in [4.69, 9.17) is 37.5 Å². The highest BCUT2D eigenvalue weighted by molar-refractivity contribution is 7.47. The maximum Gasteiger partial charge on any atom is 0.472 e. The average molecular weight is 1070 g/mol. The number of phosphoric ester groups is 1. The van der Waals surface area contributed by atoms with Gasteiger partial charge in [-0.2, -0.15) is 0 Å². The number of hydrogen-bond donors (Lipinski definition) is 9. The van der Waals surface area contributed by atoms with Crippen LogP contribution in [0.25, 0.3) is 0 Å². The van der Waals surface area contributed by atoms with Gasteiger partial charge in [-0.25, -0.2) is 4.57 Å². The van der Waals surface area contributed by atoms with Crippen molar-refractivity contribution in [1.82, 2.24) is 5.32 Å². The molecule has 0 radical (unpaired) electrons. The first-order valence-electron chi connectivity index (χ1n) is 28.2.